The predicted octanol–water partition coefficient (Wildman–Crippen LogP) is 3.85. The highest BCUT2D eigenvalue weighted by molar-refractivity contribution is 6.35. The molecule has 21 heavy (non-hydrogen) atoms. The number of ether oxygens (including phenoxy) is 2. The van der Waals surface area contributed by atoms with Crippen LogP contribution in [0.15, 0.2) is 42.5 Å². The number of nitrogens with zero attached hydrogens (tertiary/aromatic N) is 1. The lowest BCUT2D eigenvalue weighted by Gasteiger charge is -2.09. The van der Waals surface area contributed by atoms with E-state index in [1.165, 1.54) is 12.1 Å². The lowest BCUT2D eigenvalue weighted by atomic mass is 10.2. The molecule has 0 aliphatic rings. The van der Waals surface area contributed by atoms with E-state index in [2.05, 4.69) is 0 Å². The maximum absolute atomic E-state index is 11.7. The summed E-state index contributed by atoms with van der Waals surface area (Å²) in [7, 11) is 0. The van der Waals surface area contributed by atoms with Crippen molar-refractivity contribution < 1.29 is 14.3 Å². The molecule has 2 aromatic rings. The Kier molecular flexibility index (Phi) is 5.04. The third kappa shape index (κ3) is 4.12. The molecule has 0 bridgehead atoms. The number of hydrogen-bond acceptors (Lipinski definition) is 4. The summed E-state index contributed by atoms with van der Waals surface area (Å²) < 4.78 is 10.3. The van der Waals surface area contributed by atoms with Crippen LogP contribution in [0.2, 0.25) is 10.0 Å². The van der Waals surface area contributed by atoms with Crippen molar-refractivity contribution in [3.63, 3.8) is 0 Å². The zero-order valence-electron chi connectivity index (χ0n) is 10.7. The molecule has 0 spiro atoms. The van der Waals surface area contributed by atoms with Gasteiger partial charge in [0.15, 0.2) is 6.61 Å². The molecule has 0 heterocycles. The number of benzene rings is 2. The molecule has 0 unspecified atom stereocenters. The largest absolute Gasteiger partial charge is 0.480 e. The highest BCUT2D eigenvalue weighted by Gasteiger charge is 2.11. The Labute approximate surface area is 131 Å². The second kappa shape index (κ2) is 6.98. The smallest absolute Gasteiger partial charge is 0.349 e. The minimum absolute atomic E-state index is 0.191. The Morgan fingerprint density at radius 3 is 2.62 bits per heavy atom. The van der Waals surface area contributed by atoms with Crippen molar-refractivity contribution >= 4 is 29.2 Å². The molecular weight excluding hydrogens is 313 g/mol. The standard InChI is InChI=1S/C15H9Cl2NO3/c16-11-5-6-14(12(17)7-11)20-9-15(19)21-13-4-2-1-3-10(13)8-18/h1-7H,9H2. The van der Waals surface area contributed by atoms with Crippen molar-refractivity contribution in [2.75, 3.05) is 6.61 Å². The molecule has 0 amide bonds. The average Bonchev–Trinajstić information content (AvgIpc) is 2.47. The van der Waals surface area contributed by atoms with E-state index in [0.29, 0.717) is 15.8 Å². The summed E-state index contributed by atoms with van der Waals surface area (Å²) in [6.45, 7) is -0.332. The number of hydrogen-bond donors (Lipinski definition) is 0. The number of halogens is 2. The number of carbonyl (C=O) groups is 1. The Balaban J connectivity index is 1.98. The van der Waals surface area contributed by atoms with Crippen LogP contribution in [-0.2, 0) is 4.79 Å². The fourth-order valence-corrected chi connectivity index (χ4v) is 1.99. The van der Waals surface area contributed by atoms with Crippen molar-refractivity contribution in [2.24, 2.45) is 0 Å². The fraction of sp³-hybridized carbons (Fsp3) is 0.0667. The van der Waals surface area contributed by atoms with Gasteiger partial charge < -0.3 is 9.47 Å². The number of nitriles is 1. The first-order valence-electron chi connectivity index (χ1n) is 5.88. The second-order valence-electron chi connectivity index (χ2n) is 3.95. The van der Waals surface area contributed by atoms with Gasteiger partial charge in [-0.05, 0) is 30.3 Å². The molecule has 4 nitrogen and oxygen atoms in total. The van der Waals surface area contributed by atoms with Crippen LogP contribution < -0.4 is 9.47 Å². The molecule has 0 saturated heterocycles. The van der Waals surface area contributed by atoms with Gasteiger partial charge in [-0.3, -0.25) is 0 Å². The van der Waals surface area contributed by atoms with E-state index in [9.17, 15) is 4.79 Å². The summed E-state index contributed by atoms with van der Waals surface area (Å²) in [5.74, 6) is -0.119. The molecule has 0 aliphatic heterocycles. The van der Waals surface area contributed by atoms with Crippen LogP contribution in [0, 0.1) is 11.3 Å². The van der Waals surface area contributed by atoms with Gasteiger partial charge in [-0.25, -0.2) is 4.79 Å². The summed E-state index contributed by atoms with van der Waals surface area (Å²) in [5.41, 5.74) is 0.273. The number of rotatable bonds is 4. The second-order valence-corrected chi connectivity index (χ2v) is 4.79. The van der Waals surface area contributed by atoms with Gasteiger partial charge in [0.25, 0.3) is 0 Å². The summed E-state index contributed by atoms with van der Waals surface area (Å²) in [6, 6.07) is 13.0. The van der Waals surface area contributed by atoms with Crippen molar-refractivity contribution in [3.05, 3.63) is 58.1 Å². The molecule has 0 saturated carbocycles. The number of esters is 1. The van der Waals surface area contributed by atoms with Gasteiger partial charge in [-0.2, -0.15) is 5.26 Å². The van der Waals surface area contributed by atoms with Gasteiger partial charge in [0.05, 0.1) is 10.6 Å². The maximum Gasteiger partial charge on any atom is 0.349 e. The van der Waals surface area contributed by atoms with Gasteiger partial charge in [0, 0.05) is 5.02 Å². The molecule has 2 aromatic carbocycles. The number of carbonyl (C=O) groups excluding carboxylic acids is 1. The van der Waals surface area contributed by atoms with Crippen LogP contribution in [0.3, 0.4) is 0 Å². The van der Waals surface area contributed by atoms with Crippen molar-refractivity contribution in [3.8, 4) is 17.6 Å². The first kappa shape index (κ1) is 15.2. The number of para-hydroxylation sites is 1. The minimum atomic E-state index is -0.635. The van der Waals surface area contributed by atoms with Crippen LogP contribution in [-0.4, -0.2) is 12.6 Å². The van der Waals surface area contributed by atoms with Crippen LogP contribution in [0.1, 0.15) is 5.56 Å². The maximum atomic E-state index is 11.7. The van der Waals surface area contributed by atoms with Gasteiger partial charge >= 0.3 is 5.97 Å². The van der Waals surface area contributed by atoms with E-state index in [1.807, 2.05) is 6.07 Å². The van der Waals surface area contributed by atoms with Crippen molar-refractivity contribution in [1.29, 1.82) is 5.26 Å². The summed E-state index contributed by atoms with van der Waals surface area (Å²) in [4.78, 5) is 11.7. The highest BCUT2D eigenvalue weighted by Crippen LogP contribution is 2.27. The van der Waals surface area contributed by atoms with E-state index < -0.39 is 5.97 Å². The lowest BCUT2D eigenvalue weighted by molar-refractivity contribution is -0.136. The minimum Gasteiger partial charge on any atom is -0.480 e. The topological polar surface area (TPSA) is 59.3 Å². The van der Waals surface area contributed by atoms with E-state index in [0.717, 1.165) is 0 Å². The van der Waals surface area contributed by atoms with Gasteiger partial charge in [0.1, 0.15) is 17.6 Å². The Bertz CT molecular complexity index is 710. The molecule has 0 aliphatic carbocycles. The molecule has 0 N–H and O–H groups in total. The van der Waals surface area contributed by atoms with Crippen molar-refractivity contribution in [2.45, 2.75) is 0 Å². The molecule has 0 fully saturated rings. The van der Waals surface area contributed by atoms with E-state index >= 15 is 0 Å². The molecule has 0 aromatic heterocycles. The normalized spacial score (nSPS) is 9.76. The van der Waals surface area contributed by atoms with Crippen LogP contribution in [0.25, 0.3) is 0 Å². The predicted molar refractivity (Wildman–Crippen MR) is 78.7 cm³/mol. The Morgan fingerprint density at radius 1 is 1.14 bits per heavy atom. The zero-order chi connectivity index (χ0) is 15.2. The Morgan fingerprint density at radius 2 is 1.90 bits per heavy atom. The first-order valence-corrected chi connectivity index (χ1v) is 6.63. The molecule has 2 rings (SSSR count). The van der Waals surface area contributed by atoms with E-state index in [4.69, 9.17) is 37.9 Å². The SMILES string of the molecule is N#Cc1ccccc1OC(=O)COc1ccc(Cl)cc1Cl. The first-order chi connectivity index (χ1) is 10.1. The lowest BCUT2D eigenvalue weighted by Crippen LogP contribution is -2.18. The Hall–Kier alpha value is -2.22. The summed E-state index contributed by atoms with van der Waals surface area (Å²) >= 11 is 11.7. The molecule has 0 radical (unpaired) electrons. The van der Waals surface area contributed by atoms with Crippen molar-refractivity contribution in [1.82, 2.24) is 0 Å². The third-order valence-corrected chi connectivity index (χ3v) is 3.00. The molecule has 106 valence electrons. The quantitative estimate of drug-likeness (QED) is 0.634. The van der Waals surface area contributed by atoms with Crippen LogP contribution >= 0.6 is 23.2 Å². The third-order valence-electron chi connectivity index (χ3n) is 2.47. The molecular formula is C15H9Cl2NO3. The van der Waals surface area contributed by atoms with Gasteiger partial charge in [0.2, 0.25) is 0 Å². The van der Waals surface area contributed by atoms with Gasteiger partial charge in [-0.1, -0.05) is 35.3 Å². The van der Waals surface area contributed by atoms with E-state index in [-0.39, 0.29) is 17.9 Å². The van der Waals surface area contributed by atoms with E-state index in [1.54, 1.807) is 30.3 Å². The monoisotopic (exact) mass is 321 g/mol. The van der Waals surface area contributed by atoms with Crippen LogP contribution in [0.4, 0.5) is 0 Å². The molecule has 0 atom stereocenters. The fourth-order valence-electron chi connectivity index (χ4n) is 1.53. The highest BCUT2D eigenvalue weighted by atomic mass is 35.5. The van der Waals surface area contributed by atoms with Crippen LogP contribution in [0.5, 0.6) is 11.5 Å². The molecule has 6 heteroatoms. The zero-order valence-corrected chi connectivity index (χ0v) is 12.2. The van der Waals surface area contributed by atoms with Gasteiger partial charge in [-0.15, -0.1) is 0 Å². The average molecular weight is 322 g/mol. The summed E-state index contributed by atoms with van der Waals surface area (Å²) in [6.07, 6.45) is 0. The summed E-state index contributed by atoms with van der Waals surface area (Å²) in [5, 5.41) is 9.67.